The van der Waals surface area contributed by atoms with Gasteiger partial charge in [0, 0.05) is 41.8 Å². The number of piperidine rings is 1. The largest absolute Gasteiger partial charge is 0.490 e. The highest BCUT2D eigenvalue weighted by molar-refractivity contribution is 7.17. The number of aromatic nitrogens is 4. The van der Waals surface area contributed by atoms with Crippen molar-refractivity contribution in [1.29, 1.82) is 0 Å². The van der Waals surface area contributed by atoms with Gasteiger partial charge >= 0.3 is 5.97 Å². The fourth-order valence-corrected chi connectivity index (χ4v) is 4.44. The Morgan fingerprint density at radius 1 is 1.12 bits per heavy atom. The van der Waals surface area contributed by atoms with E-state index in [0.717, 1.165) is 29.6 Å². The fourth-order valence-electron chi connectivity index (χ4n) is 4.25. The smallest absolute Gasteiger partial charge is 0.323 e. The molecule has 33 heavy (non-hydrogen) atoms. The number of ether oxygens (including phenoxy) is 2. The fraction of sp³-hybridized carbons (Fsp3) is 0.435. The van der Waals surface area contributed by atoms with Crippen molar-refractivity contribution in [3.63, 3.8) is 0 Å². The van der Waals surface area contributed by atoms with Gasteiger partial charge < -0.3 is 14.8 Å². The third-order valence-electron chi connectivity index (χ3n) is 6.14. The molecule has 172 valence electrons. The molecule has 2 aliphatic heterocycles. The summed E-state index contributed by atoms with van der Waals surface area (Å²) in [5.41, 5.74) is 3.02. The van der Waals surface area contributed by atoms with Crippen LogP contribution in [0.2, 0.25) is 0 Å². The second-order valence-electron chi connectivity index (χ2n) is 8.65. The van der Waals surface area contributed by atoms with Crippen molar-refractivity contribution < 1.29 is 14.3 Å². The average Bonchev–Trinajstić information content (AvgIpc) is 2.82. The maximum Gasteiger partial charge on any atom is 0.323 e. The number of fused-ring (bicyclic) bond motifs is 3. The summed E-state index contributed by atoms with van der Waals surface area (Å²) in [5, 5.41) is 3.47. The second kappa shape index (κ2) is 9.15. The van der Waals surface area contributed by atoms with Crippen LogP contribution in [0.3, 0.4) is 0 Å². The van der Waals surface area contributed by atoms with Gasteiger partial charge in [0.05, 0.1) is 18.3 Å². The van der Waals surface area contributed by atoms with Gasteiger partial charge in [0.2, 0.25) is 0 Å². The van der Waals surface area contributed by atoms with Crippen LogP contribution in [-0.2, 0) is 9.53 Å². The predicted molar refractivity (Wildman–Crippen MR) is 128 cm³/mol. The Kier molecular flexibility index (Phi) is 6.08. The molecule has 0 amide bonds. The van der Waals surface area contributed by atoms with Crippen molar-refractivity contribution in [1.82, 2.24) is 24.8 Å². The highest BCUT2D eigenvalue weighted by Crippen LogP contribution is 2.36. The lowest BCUT2D eigenvalue weighted by molar-refractivity contribution is -0.151. The van der Waals surface area contributed by atoms with Crippen LogP contribution >= 0.6 is 9.24 Å². The van der Waals surface area contributed by atoms with Gasteiger partial charge in [0.15, 0.2) is 5.75 Å². The van der Waals surface area contributed by atoms with Crippen LogP contribution in [0.4, 0.5) is 5.82 Å². The molecule has 1 fully saturated rings. The molecular weight excluding hydrogens is 439 g/mol. The maximum atomic E-state index is 12.8. The number of rotatable bonds is 1. The molecule has 1 N–H and O–H groups in total. The third kappa shape index (κ3) is 4.61. The van der Waals surface area contributed by atoms with Crippen LogP contribution in [0.15, 0.2) is 30.7 Å². The second-order valence-corrected chi connectivity index (χ2v) is 9.59. The molecule has 4 bridgehead atoms. The summed E-state index contributed by atoms with van der Waals surface area (Å²) in [7, 11) is 4.67. The summed E-state index contributed by atoms with van der Waals surface area (Å²) in [6, 6.07) is 3.70. The van der Waals surface area contributed by atoms with Gasteiger partial charge in [-0.1, -0.05) is 0 Å². The van der Waals surface area contributed by atoms with E-state index in [1.165, 1.54) is 0 Å². The molecule has 9 nitrogen and oxygen atoms in total. The van der Waals surface area contributed by atoms with Crippen molar-refractivity contribution in [3.8, 4) is 16.9 Å². The Hall–Kier alpha value is -2.90. The number of esters is 1. The van der Waals surface area contributed by atoms with Gasteiger partial charge in [-0.05, 0) is 38.9 Å². The summed E-state index contributed by atoms with van der Waals surface area (Å²) >= 11 is 0. The molecule has 4 heterocycles. The molecule has 10 heteroatoms. The number of carbonyl (C=O) groups is 1. The van der Waals surface area contributed by atoms with Crippen molar-refractivity contribution in [3.05, 3.63) is 36.5 Å². The number of nitrogens with one attached hydrogen (secondary N) is 1. The minimum atomic E-state index is -0.283. The topological polar surface area (TPSA) is 102 Å². The van der Waals surface area contributed by atoms with Crippen LogP contribution in [0, 0.1) is 6.92 Å². The first-order valence-electron chi connectivity index (χ1n) is 11.1. The lowest BCUT2D eigenvalue weighted by Gasteiger charge is -2.36. The minimum absolute atomic E-state index is 0.0757. The van der Waals surface area contributed by atoms with E-state index in [1.807, 2.05) is 26.1 Å². The van der Waals surface area contributed by atoms with Gasteiger partial charge in [0.25, 0.3) is 0 Å². The number of benzene rings is 1. The van der Waals surface area contributed by atoms with E-state index in [2.05, 4.69) is 34.4 Å². The quantitative estimate of drug-likeness (QED) is 0.428. The number of anilines is 1. The molecule has 0 radical (unpaired) electrons. The molecule has 0 saturated carbocycles. The van der Waals surface area contributed by atoms with E-state index in [9.17, 15) is 4.79 Å². The Labute approximate surface area is 194 Å². The van der Waals surface area contributed by atoms with Crippen molar-refractivity contribution in [2.75, 3.05) is 32.1 Å². The summed E-state index contributed by atoms with van der Waals surface area (Å²) in [6.07, 6.45) is 6.85. The SMILES string of the molecule is Cc1ncc(-c2ccc3ncc4nc3c2OCC(P)COC(=O)[C@@H]2C[C@H](CCN2C)N4)cn1. The van der Waals surface area contributed by atoms with E-state index >= 15 is 0 Å². The maximum absolute atomic E-state index is 12.8. The molecule has 2 aromatic heterocycles. The van der Waals surface area contributed by atoms with Gasteiger partial charge in [-0.2, -0.15) is 0 Å². The Balaban J connectivity index is 1.59. The molecule has 0 spiro atoms. The monoisotopic (exact) mass is 466 g/mol. The molecule has 0 aliphatic carbocycles. The normalized spacial score (nSPS) is 24.0. The molecule has 4 atom stereocenters. The first-order valence-corrected chi connectivity index (χ1v) is 11.7. The molecule has 1 aromatic carbocycles. The first-order chi connectivity index (χ1) is 16.0. The first kappa shape index (κ1) is 21.9. The summed E-state index contributed by atoms with van der Waals surface area (Å²) in [5.74, 6) is 1.78. The molecule has 2 aliphatic rings. The third-order valence-corrected chi connectivity index (χ3v) is 6.52. The number of hydrogen-bond acceptors (Lipinski definition) is 9. The van der Waals surface area contributed by atoms with Crippen LogP contribution in [0.25, 0.3) is 22.2 Å². The van der Waals surface area contributed by atoms with Crippen molar-refractivity contribution in [2.24, 2.45) is 0 Å². The number of aryl methyl sites for hydroxylation is 1. The summed E-state index contributed by atoms with van der Waals surface area (Å²) < 4.78 is 11.9. The lowest BCUT2D eigenvalue weighted by Crippen LogP contribution is -2.49. The average molecular weight is 466 g/mol. The molecule has 2 unspecified atom stereocenters. The van der Waals surface area contributed by atoms with Crippen LogP contribution in [-0.4, -0.2) is 75.4 Å². The zero-order valence-corrected chi connectivity index (χ0v) is 19.8. The Morgan fingerprint density at radius 3 is 2.73 bits per heavy atom. The number of cyclic esters (lactones) is 1. The van der Waals surface area contributed by atoms with E-state index in [1.54, 1.807) is 18.6 Å². The van der Waals surface area contributed by atoms with Gasteiger partial charge in [-0.15, -0.1) is 9.24 Å². The highest BCUT2D eigenvalue weighted by Gasteiger charge is 2.33. The van der Waals surface area contributed by atoms with Gasteiger partial charge in [0.1, 0.15) is 29.8 Å². The van der Waals surface area contributed by atoms with E-state index < -0.39 is 0 Å². The standard InChI is InChI=1S/C23H27N6O3P/c1-13-24-8-14(9-25-13)17-3-4-18-21-22(17)31-11-16(33)12-32-23(30)19-7-15(5-6-29(19)2)27-20(28-21)10-26-18/h3-4,8-10,15-16,19H,5-7,11-12,33H2,1-2H3,(H,27,28)/t15-,16?,19-/m0/s1. The number of nitrogens with zero attached hydrogens (tertiary/aromatic N) is 5. The molecule has 3 aromatic rings. The zero-order valence-electron chi connectivity index (χ0n) is 18.7. The summed E-state index contributed by atoms with van der Waals surface area (Å²) in [4.78, 5) is 33.0. The molecule has 1 saturated heterocycles. The van der Waals surface area contributed by atoms with E-state index in [-0.39, 0.29) is 30.3 Å². The number of likely N-dealkylation sites (N-methyl/N-ethyl adjacent to an activating group) is 1. The van der Waals surface area contributed by atoms with Crippen LogP contribution in [0.5, 0.6) is 5.75 Å². The minimum Gasteiger partial charge on any atom is -0.490 e. The number of likely N-dealkylation sites (tertiary alicyclic amines) is 1. The van der Waals surface area contributed by atoms with E-state index in [0.29, 0.717) is 35.9 Å². The van der Waals surface area contributed by atoms with Gasteiger partial charge in [-0.25, -0.2) is 15.0 Å². The number of carbonyl (C=O) groups excluding carboxylic acids is 1. The molecule has 5 rings (SSSR count). The highest BCUT2D eigenvalue weighted by atomic mass is 31.0. The zero-order chi connectivity index (χ0) is 22.9. The van der Waals surface area contributed by atoms with Crippen LogP contribution in [0.1, 0.15) is 18.7 Å². The Bertz CT molecular complexity index is 1170. The summed E-state index contributed by atoms with van der Waals surface area (Å²) in [6.45, 7) is 3.24. The predicted octanol–water partition coefficient (Wildman–Crippen LogP) is 2.45. The van der Waals surface area contributed by atoms with Crippen molar-refractivity contribution in [2.45, 2.75) is 37.5 Å². The molecular formula is C23H27N6O3P. The van der Waals surface area contributed by atoms with Gasteiger partial charge in [-0.3, -0.25) is 14.7 Å². The van der Waals surface area contributed by atoms with Crippen molar-refractivity contribution >= 4 is 32.1 Å². The number of hydrogen-bond donors (Lipinski definition) is 1. The van der Waals surface area contributed by atoms with Crippen LogP contribution < -0.4 is 10.1 Å². The van der Waals surface area contributed by atoms with E-state index in [4.69, 9.17) is 14.5 Å². The lowest BCUT2D eigenvalue weighted by atomic mass is 9.97. The Morgan fingerprint density at radius 2 is 1.91 bits per heavy atom.